The molecule has 3 aromatic carbocycles. The Balaban J connectivity index is 0.000000934. The Morgan fingerprint density at radius 3 is 2.18 bits per heavy atom. The Kier molecular flexibility index (Phi) is 10.7. The van der Waals surface area contributed by atoms with Gasteiger partial charge in [-0.15, -0.1) is 0 Å². The molecule has 1 amide bonds. The van der Waals surface area contributed by atoms with Crippen LogP contribution in [0.15, 0.2) is 91.0 Å². The van der Waals surface area contributed by atoms with Gasteiger partial charge in [0.15, 0.2) is 0 Å². The maximum atomic E-state index is 13.2. The molecule has 0 saturated heterocycles. The van der Waals surface area contributed by atoms with E-state index in [1.165, 1.54) is 5.39 Å². The van der Waals surface area contributed by atoms with Gasteiger partial charge in [-0.1, -0.05) is 98.3 Å². The van der Waals surface area contributed by atoms with Crippen molar-refractivity contribution in [2.45, 2.75) is 52.0 Å². The number of aromatic nitrogens is 1. The molecule has 0 radical (unpaired) electrons. The number of carbonyl (C=O) groups excluding carboxylic acids is 1. The molecule has 0 fully saturated rings. The van der Waals surface area contributed by atoms with Gasteiger partial charge in [0, 0.05) is 29.9 Å². The fourth-order valence-corrected chi connectivity index (χ4v) is 4.68. The Labute approximate surface area is 227 Å². The minimum absolute atomic E-state index is 0.0594. The predicted molar refractivity (Wildman–Crippen MR) is 159 cm³/mol. The van der Waals surface area contributed by atoms with Crippen molar-refractivity contribution in [2.75, 3.05) is 12.3 Å². The molecular weight excluding hydrogens is 470 g/mol. The third-order valence-electron chi connectivity index (χ3n) is 6.95. The SMILES string of the molecule is C/C=C/C.CCCC(C(=O)N[C@@H](CO)c1ccccc1)c1ccc(Cc2c(N)n(C)c3ccccc23)cc1. The first-order valence-corrected chi connectivity index (χ1v) is 13.4. The molecule has 0 spiro atoms. The number of amides is 1. The number of fused-ring (bicyclic) bond motifs is 1. The summed E-state index contributed by atoms with van der Waals surface area (Å²) >= 11 is 0. The number of benzene rings is 3. The monoisotopic (exact) mass is 511 g/mol. The summed E-state index contributed by atoms with van der Waals surface area (Å²) in [5.41, 5.74) is 11.7. The highest BCUT2D eigenvalue weighted by molar-refractivity contribution is 5.89. The summed E-state index contributed by atoms with van der Waals surface area (Å²) in [7, 11) is 1.99. The molecule has 4 N–H and O–H groups in total. The van der Waals surface area contributed by atoms with Crippen molar-refractivity contribution in [1.82, 2.24) is 9.88 Å². The van der Waals surface area contributed by atoms with Crippen LogP contribution in [0.25, 0.3) is 10.9 Å². The molecule has 5 nitrogen and oxygen atoms in total. The lowest BCUT2D eigenvalue weighted by Crippen LogP contribution is -2.34. The van der Waals surface area contributed by atoms with E-state index in [1.807, 2.05) is 92.2 Å². The molecule has 1 heterocycles. The minimum atomic E-state index is -0.415. The summed E-state index contributed by atoms with van der Waals surface area (Å²) in [5, 5.41) is 14.1. The average Bonchev–Trinajstić information content (AvgIpc) is 3.20. The van der Waals surface area contributed by atoms with Crippen LogP contribution in [0.2, 0.25) is 0 Å². The number of nitrogens with one attached hydrogen (secondary N) is 1. The van der Waals surface area contributed by atoms with Crippen LogP contribution in [-0.2, 0) is 18.3 Å². The van der Waals surface area contributed by atoms with Gasteiger partial charge in [0.2, 0.25) is 5.91 Å². The van der Waals surface area contributed by atoms with Gasteiger partial charge >= 0.3 is 0 Å². The van der Waals surface area contributed by atoms with Gasteiger partial charge in [0.1, 0.15) is 5.82 Å². The summed E-state index contributed by atoms with van der Waals surface area (Å²) < 4.78 is 2.03. The fourth-order valence-electron chi connectivity index (χ4n) is 4.68. The predicted octanol–water partition coefficient (Wildman–Crippen LogP) is 6.67. The number of rotatable bonds is 9. The largest absolute Gasteiger partial charge is 0.394 e. The fraction of sp³-hybridized carbons (Fsp3) is 0.303. The van der Waals surface area contributed by atoms with Crippen molar-refractivity contribution >= 4 is 22.6 Å². The lowest BCUT2D eigenvalue weighted by atomic mass is 9.91. The number of hydrogen-bond acceptors (Lipinski definition) is 3. The first-order valence-electron chi connectivity index (χ1n) is 13.4. The zero-order valence-electron chi connectivity index (χ0n) is 23.0. The van der Waals surface area contributed by atoms with E-state index in [-0.39, 0.29) is 18.4 Å². The average molecular weight is 512 g/mol. The number of aliphatic hydroxyl groups excluding tert-OH is 1. The third-order valence-corrected chi connectivity index (χ3v) is 6.95. The number of nitrogens with zero attached hydrogens (tertiary/aromatic N) is 1. The lowest BCUT2D eigenvalue weighted by molar-refractivity contribution is -0.123. The Morgan fingerprint density at radius 1 is 0.947 bits per heavy atom. The minimum Gasteiger partial charge on any atom is -0.394 e. The van der Waals surface area contributed by atoms with E-state index in [0.29, 0.717) is 0 Å². The van der Waals surface area contributed by atoms with Gasteiger partial charge in [-0.25, -0.2) is 0 Å². The Morgan fingerprint density at radius 2 is 1.58 bits per heavy atom. The number of anilines is 1. The molecule has 0 aliphatic rings. The summed E-state index contributed by atoms with van der Waals surface area (Å²) in [5.74, 6) is 0.458. The molecule has 200 valence electrons. The first-order chi connectivity index (χ1) is 18.4. The zero-order chi connectivity index (χ0) is 27.5. The number of para-hydroxylation sites is 1. The molecule has 0 saturated carbocycles. The van der Waals surface area contributed by atoms with Crippen LogP contribution < -0.4 is 11.1 Å². The molecule has 0 bridgehead atoms. The maximum absolute atomic E-state index is 13.2. The van der Waals surface area contributed by atoms with Crippen LogP contribution in [0.5, 0.6) is 0 Å². The Bertz CT molecular complexity index is 1320. The van der Waals surface area contributed by atoms with E-state index in [1.54, 1.807) is 0 Å². The van der Waals surface area contributed by atoms with Gasteiger partial charge in [0.05, 0.1) is 18.6 Å². The molecule has 1 unspecified atom stereocenters. The molecule has 38 heavy (non-hydrogen) atoms. The number of carbonyl (C=O) groups is 1. The number of nitrogens with two attached hydrogens (primary N) is 1. The molecule has 0 aliphatic carbocycles. The first kappa shape index (κ1) is 28.7. The second kappa shape index (κ2) is 14.2. The zero-order valence-corrected chi connectivity index (χ0v) is 23.0. The van der Waals surface area contributed by atoms with E-state index < -0.39 is 6.04 Å². The number of nitrogen functional groups attached to an aromatic ring is 1. The molecular formula is C33H41N3O2. The number of aliphatic hydroxyl groups is 1. The highest BCUT2D eigenvalue weighted by Crippen LogP contribution is 2.30. The van der Waals surface area contributed by atoms with Crippen molar-refractivity contribution in [1.29, 1.82) is 0 Å². The maximum Gasteiger partial charge on any atom is 0.228 e. The summed E-state index contributed by atoms with van der Waals surface area (Å²) in [6, 6.07) is 25.7. The van der Waals surface area contributed by atoms with Gasteiger partial charge in [0.25, 0.3) is 0 Å². The van der Waals surface area contributed by atoms with E-state index in [0.717, 1.165) is 52.9 Å². The van der Waals surface area contributed by atoms with Crippen molar-refractivity contribution in [3.63, 3.8) is 0 Å². The van der Waals surface area contributed by atoms with Gasteiger partial charge in [-0.05, 0) is 43.0 Å². The van der Waals surface area contributed by atoms with E-state index in [2.05, 4.69) is 36.5 Å². The summed E-state index contributed by atoms with van der Waals surface area (Å²) in [6.07, 6.45) is 6.37. The van der Waals surface area contributed by atoms with Crippen LogP contribution in [0.1, 0.15) is 67.8 Å². The van der Waals surface area contributed by atoms with Gasteiger partial charge in [-0.3, -0.25) is 4.79 Å². The molecule has 1 aromatic heterocycles. The number of hydrogen-bond donors (Lipinski definition) is 3. The number of allylic oxidation sites excluding steroid dienone is 2. The van der Waals surface area contributed by atoms with Crippen LogP contribution in [-0.4, -0.2) is 22.2 Å². The second-order valence-electron chi connectivity index (χ2n) is 9.52. The topological polar surface area (TPSA) is 80.3 Å². The Hall–Kier alpha value is -3.83. The highest BCUT2D eigenvalue weighted by Gasteiger charge is 2.23. The van der Waals surface area contributed by atoms with E-state index in [4.69, 9.17) is 5.73 Å². The molecule has 2 atom stereocenters. The van der Waals surface area contributed by atoms with Crippen LogP contribution in [0.4, 0.5) is 5.82 Å². The lowest BCUT2D eigenvalue weighted by Gasteiger charge is -2.22. The molecule has 5 heteroatoms. The van der Waals surface area contributed by atoms with Gasteiger partial charge in [-0.2, -0.15) is 0 Å². The van der Waals surface area contributed by atoms with Crippen molar-refractivity contribution in [2.24, 2.45) is 7.05 Å². The number of aryl methyl sites for hydroxylation is 1. The highest BCUT2D eigenvalue weighted by atomic mass is 16.3. The van der Waals surface area contributed by atoms with Crippen molar-refractivity contribution in [3.05, 3.63) is 113 Å². The van der Waals surface area contributed by atoms with Crippen molar-refractivity contribution in [3.8, 4) is 0 Å². The van der Waals surface area contributed by atoms with E-state index in [9.17, 15) is 9.90 Å². The quantitative estimate of drug-likeness (QED) is 0.220. The standard InChI is InChI=1S/C29H33N3O2.C4H8/c1-3-9-23(29(34)31-26(19-33)22-10-5-4-6-11-22)21-16-14-20(15-17-21)18-25-24-12-7-8-13-27(24)32(2)28(25)30;1-3-4-2/h4-8,10-17,23,26,33H,3,9,18-19,30H2,1-2H3,(H,31,34);3-4H,1-2H3/b;4-3+/t23?,26-;/m0./s1. The smallest absolute Gasteiger partial charge is 0.228 e. The van der Waals surface area contributed by atoms with E-state index >= 15 is 0 Å². The van der Waals surface area contributed by atoms with Gasteiger partial charge < -0.3 is 20.7 Å². The molecule has 4 aromatic rings. The molecule has 4 rings (SSSR count). The second-order valence-corrected chi connectivity index (χ2v) is 9.52. The van der Waals surface area contributed by atoms with Crippen LogP contribution >= 0.6 is 0 Å². The van der Waals surface area contributed by atoms with Crippen LogP contribution in [0, 0.1) is 0 Å². The third kappa shape index (κ3) is 6.93. The van der Waals surface area contributed by atoms with Crippen LogP contribution in [0.3, 0.4) is 0 Å². The van der Waals surface area contributed by atoms with Crippen molar-refractivity contribution < 1.29 is 9.90 Å². The summed E-state index contributed by atoms with van der Waals surface area (Å²) in [6.45, 7) is 5.94. The molecule has 0 aliphatic heterocycles. The normalized spacial score (nSPS) is 12.7. The summed E-state index contributed by atoms with van der Waals surface area (Å²) in [4.78, 5) is 13.2.